The number of esters is 1. The van der Waals surface area contributed by atoms with Crippen LogP contribution in [0.4, 0.5) is 4.79 Å². The second kappa shape index (κ2) is 12.1. The Morgan fingerprint density at radius 2 is 1.38 bits per heavy atom. The Morgan fingerprint density at radius 3 is 1.95 bits per heavy atom. The summed E-state index contributed by atoms with van der Waals surface area (Å²) in [4.78, 5) is 38.6. The molecule has 2 amide bonds. The summed E-state index contributed by atoms with van der Waals surface area (Å²) in [5, 5.41) is 14.9. The van der Waals surface area contributed by atoms with Gasteiger partial charge in [-0.2, -0.15) is 0 Å². The van der Waals surface area contributed by atoms with Crippen molar-refractivity contribution in [2.45, 2.75) is 50.8 Å². The predicted molar refractivity (Wildman–Crippen MR) is 147 cm³/mol. The highest BCUT2D eigenvalue weighted by molar-refractivity contribution is 5.90. The zero-order valence-electron chi connectivity index (χ0n) is 22.3. The van der Waals surface area contributed by atoms with Crippen molar-refractivity contribution in [3.8, 4) is 11.1 Å². The Bertz CT molecular complexity index is 1270. The molecule has 0 spiro atoms. The number of carbonyl (C=O) groups excluding carboxylic acids is 3. The Morgan fingerprint density at radius 1 is 0.821 bits per heavy atom. The van der Waals surface area contributed by atoms with Gasteiger partial charge >= 0.3 is 12.1 Å². The first kappa shape index (κ1) is 27.9. The first-order chi connectivity index (χ1) is 18.7. The number of fused-ring (bicyclic) bond motifs is 3. The fourth-order valence-electron chi connectivity index (χ4n) is 4.66. The average Bonchev–Trinajstić information content (AvgIpc) is 3.23. The average molecular weight is 531 g/mol. The van der Waals surface area contributed by atoms with Gasteiger partial charge in [-0.25, -0.2) is 9.59 Å². The lowest BCUT2D eigenvalue weighted by atomic mass is 9.98. The molecule has 3 aromatic rings. The van der Waals surface area contributed by atoms with Crippen molar-refractivity contribution < 1.29 is 29.0 Å². The van der Waals surface area contributed by atoms with E-state index >= 15 is 0 Å². The molecular formula is C31H34N2O6. The second-order valence-corrected chi connectivity index (χ2v) is 10.5. The van der Waals surface area contributed by atoms with Crippen LogP contribution in [-0.4, -0.2) is 54.0 Å². The Kier molecular flexibility index (Phi) is 8.66. The molecular weight excluding hydrogens is 496 g/mol. The van der Waals surface area contributed by atoms with Crippen molar-refractivity contribution in [3.05, 3.63) is 95.6 Å². The van der Waals surface area contributed by atoms with E-state index in [1.165, 1.54) is 0 Å². The maximum atomic E-state index is 13.0. The fourth-order valence-corrected chi connectivity index (χ4v) is 4.66. The zero-order chi connectivity index (χ0) is 28.0. The predicted octanol–water partition coefficient (Wildman–Crippen LogP) is 3.96. The highest BCUT2D eigenvalue weighted by atomic mass is 16.6. The third-order valence-corrected chi connectivity index (χ3v) is 6.43. The van der Waals surface area contributed by atoms with Crippen molar-refractivity contribution in [2.24, 2.45) is 0 Å². The Hall–Kier alpha value is -4.17. The fraction of sp³-hybridized carbons (Fsp3) is 0.323. The Labute approximate surface area is 228 Å². The molecule has 4 rings (SSSR count). The van der Waals surface area contributed by atoms with Crippen molar-refractivity contribution >= 4 is 18.0 Å². The molecule has 8 nitrogen and oxygen atoms in total. The minimum absolute atomic E-state index is 0.0637. The third kappa shape index (κ3) is 7.03. The number of hydrogen-bond acceptors (Lipinski definition) is 6. The molecule has 1 aliphatic carbocycles. The second-order valence-electron chi connectivity index (χ2n) is 10.5. The summed E-state index contributed by atoms with van der Waals surface area (Å²) in [7, 11) is 0. The van der Waals surface area contributed by atoms with Gasteiger partial charge in [0, 0.05) is 12.3 Å². The first-order valence-corrected chi connectivity index (χ1v) is 13.0. The zero-order valence-corrected chi connectivity index (χ0v) is 22.3. The van der Waals surface area contributed by atoms with Crippen LogP contribution in [-0.2, 0) is 25.5 Å². The van der Waals surface area contributed by atoms with Crippen molar-refractivity contribution in [1.82, 2.24) is 10.6 Å². The number of aliphatic hydroxyl groups excluding tert-OH is 1. The standard InChI is InChI=1S/C31H34N2O6/c1-31(2,3)39-29(36)26(17-20-11-5-4-6-12-20)32-28(35)27(18-34)33-30(37)38-19-25-23-15-9-7-13-21(23)22-14-8-10-16-24(22)25/h4-16,25-27,34H,17-19H2,1-3H3,(H,32,35)(H,33,37)/t26-,27-/m0/s1. The van der Waals surface area contributed by atoms with Crippen LogP contribution in [0.2, 0.25) is 0 Å². The molecule has 8 heteroatoms. The summed E-state index contributed by atoms with van der Waals surface area (Å²) in [5.74, 6) is -1.48. The molecule has 0 unspecified atom stereocenters. The minimum atomic E-state index is -1.32. The Balaban J connectivity index is 1.39. The summed E-state index contributed by atoms with van der Waals surface area (Å²) < 4.78 is 11.0. The van der Waals surface area contributed by atoms with E-state index in [1.807, 2.05) is 78.9 Å². The number of carbonyl (C=O) groups is 3. The van der Waals surface area contributed by atoms with E-state index in [2.05, 4.69) is 10.6 Å². The van der Waals surface area contributed by atoms with Crippen LogP contribution >= 0.6 is 0 Å². The molecule has 1 aliphatic rings. The molecule has 0 aliphatic heterocycles. The minimum Gasteiger partial charge on any atom is -0.458 e. The number of amides is 2. The molecule has 0 aromatic heterocycles. The van der Waals surface area contributed by atoms with Crippen molar-refractivity contribution in [2.75, 3.05) is 13.2 Å². The third-order valence-electron chi connectivity index (χ3n) is 6.43. The van der Waals surface area contributed by atoms with E-state index < -0.39 is 42.3 Å². The van der Waals surface area contributed by atoms with E-state index in [4.69, 9.17) is 9.47 Å². The van der Waals surface area contributed by atoms with E-state index in [-0.39, 0.29) is 18.9 Å². The largest absolute Gasteiger partial charge is 0.458 e. The van der Waals surface area contributed by atoms with Gasteiger partial charge in [-0.05, 0) is 48.6 Å². The maximum Gasteiger partial charge on any atom is 0.407 e. The molecule has 0 radical (unpaired) electrons. The van der Waals surface area contributed by atoms with Gasteiger partial charge in [0.15, 0.2) is 0 Å². The number of ether oxygens (including phenoxy) is 2. The molecule has 0 fully saturated rings. The van der Waals surface area contributed by atoms with Crippen LogP contribution in [0.25, 0.3) is 11.1 Å². The number of rotatable bonds is 9. The molecule has 0 saturated carbocycles. The summed E-state index contributed by atoms with van der Waals surface area (Å²) >= 11 is 0. The summed E-state index contributed by atoms with van der Waals surface area (Å²) in [6.07, 6.45) is -0.659. The molecule has 3 N–H and O–H groups in total. The number of benzene rings is 3. The molecule has 0 saturated heterocycles. The number of alkyl carbamates (subject to hydrolysis) is 1. The number of nitrogens with one attached hydrogen (secondary N) is 2. The summed E-state index contributed by atoms with van der Waals surface area (Å²) in [6, 6.07) is 22.8. The van der Waals surface area contributed by atoms with Gasteiger partial charge in [0.2, 0.25) is 5.91 Å². The number of aliphatic hydroxyl groups is 1. The smallest absolute Gasteiger partial charge is 0.407 e. The summed E-state index contributed by atoms with van der Waals surface area (Å²) in [6.45, 7) is 4.60. The molecule has 39 heavy (non-hydrogen) atoms. The van der Waals surface area contributed by atoms with Crippen molar-refractivity contribution in [1.29, 1.82) is 0 Å². The van der Waals surface area contributed by atoms with Crippen LogP contribution in [0.1, 0.15) is 43.4 Å². The monoisotopic (exact) mass is 530 g/mol. The van der Waals surface area contributed by atoms with Crippen LogP contribution in [0.5, 0.6) is 0 Å². The van der Waals surface area contributed by atoms with Crippen LogP contribution in [0.3, 0.4) is 0 Å². The van der Waals surface area contributed by atoms with Gasteiger partial charge < -0.3 is 25.2 Å². The molecule has 3 aromatic carbocycles. The van der Waals surface area contributed by atoms with Gasteiger partial charge in [0.25, 0.3) is 0 Å². The van der Waals surface area contributed by atoms with Crippen LogP contribution < -0.4 is 10.6 Å². The summed E-state index contributed by atoms with van der Waals surface area (Å²) in [5.41, 5.74) is 4.38. The maximum absolute atomic E-state index is 13.0. The van der Waals surface area contributed by atoms with Gasteiger partial charge in [0.05, 0.1) is 6.61 Å². The highest BCUT2D eigenvalue weighted by Crippen LogP contribution is 2.44. The lowest BCUT2D eigenvalue weighted by Gasteiger charge is -2.26. The topological polar surface area (TPSA) is 114 Å². The van der Waals surface area contributed by atoms with E-state index in [1.54, 1.807) is 20.8 Å². The highest BCUT2D eigenvalue weighted by Gasteiger charge is 2.32. The van der Waals surface area contributed by atoms with Crippen molar-refractivity contribution in [3.63, 3.8) is 0 Å². The normalized spacial score (nSPS) is 13.9. The molecule has 204 valence electrons. The lowest BCUT2D eigenvalue weighted by Crippen LogP contribution is -2.54. The molecule has 0 bridgehead atoms. The molecule has 2 atom stereocenters. The number of hydrogen-bond donors (Lipinski definition) is 3. The van der Waals surface area contributed by atoms with Gasteiger partial charge in [-0.1, -0.05) is 78.9 Å². The SMILES string of the molecule is CC(C)(C)OC(=O)[C@H](Cc1ccccc1)NC(=O)[C@H](CO)NC(=O)OCC1c2ccccc2-c2ccccc21. The molecule has 0 heterocycles. The van der Waals surface area contributed by atoms with E-state index in [0.29, 0.717) is 0 Å². The lowest BCUT2D eigenvalue weighted by molar-refractivity contribution is -0.158. The van der Waals surface area contributed by atoms with Gasteiger partial charge in [-0.15, -0.1) is 0 Å². The van der Waals surface area contributed by atoms with Gasteiger partial charge in [-0.3, -0.25) is 4.79 Å². The van der Waals surface area contributed by atoms with E-state index in [9.17, 15) is 19.5 Å². The first-order valence-electron chi connectivity index (χ1n) is 13.0. The van der Waals surface area contributed by atoms with Crippen LogP contribution in [0, 0.1) is 0 Å². The quantitative estimate of drug-likeness (QED) is 0.361. The van der Waals surface area contributed by atoms with E-state index in [0.717, 1.165) is 27.8 Å². The van der Waals surface area contributed by atoms with Crippen LogP contribution in [0.15, 0.2) is 78.9 Å². The van der Waals surface area contributed by atoms with Gasteiger partial charge in [0.1, 0.15) is 24.3 Å².